The molecule has 4 nitrogen and oxygen atoms in total. The van der Waals surface area contributed by atoms with Crippen molar-refractivity contribution in [3.63, 3.8) is 0 Å². The first kappa shape index (κ1) is 24.5. The lowest BCUT2D eigenvalue weighted by Gasteiger charge is -2.36. The van der Waals surface area contributed by atoms with Crippen molar-refractivity contribution < 1.29 is 14.2 Å². The molecule has 0 saturated carbocycles. The van der Waals surface area contributed by atoms with Crippen LogP contribution < -0.4 is 9.64 Å². The molecule has 0 amide bonds. The third-order valence-electron chi connectivity index (χ3n) is 4.81. The lowest BCUT2D eigenvalue weighted by molar-refractivity contribution is 0.0663. The van der Waals surface area contributed by atoms with Gasteiger partial charge in [0.25, 0.3) is 0 Å². The van der Waals surface area contributed by atoms with E-state index in [0.717, 1.165) is 44.0 Å². The van der Waals surface area contributed by atoms with Gasteiger partial charge in [0.1, 0.15) is 24.3 Å². The van der Waals surface area contributed by atoms with E-state index in [1.165, 1.54) is 17.7 Å². The van der Waals surface area contributed by atoms with Gasteiger partial charge in [-0.1, -0.05) is 19.1 Å². The minimum atomic E-state index is -0.516. The van der Waals surface area contributed by atoms with Crippen molar-refractivity contribution in [1.82, 2.24) is 4.90 Å². The van der Waals surface area contributed by atoms with Crippen molar-refractivity contribution in [2.75, 3.05) is 44.2 Å². The van der Waals surface area contributed by atoms with Crippen LogP contribution in [0, 0.1) is 5.82 Å². The zero-order valence-electron chi connectivity index (χ0n) is 16.1. The maximum atomic E-state index is 13.0. The molecule has 1 unspecified atom stereocenters. The van der Waals surface area contributed by atoms with Gasteiger partial charge >= 0.3 is 0 Å². The Morgan fingerprint density at radius 3 is 2.14 bits per heavy atom. The molecule has 0 radical (unpaired) electrons. The molecule has 1 saturated heterocycles. The number of β-amino-alcohol motifs (C(OH)–C–C–N with tert-alkyl or cyclic N) is 1. The zero-order valence-corrected chi connectivity index (χ0v) is 17.7. The van der Waals surface area contributed by atoms with Crippen LogP contribution >= 0.6 is 24.8 Å². The second-order valence-electron chi connectivity index (χ2n) is 6.73. The van der Waals surface area contributed by atoms with E-state index in [4.69, 9.17) is 4.74 Å². The molecule has 0 bridgehead atoms. The number of hydrogen-bond acceptors (Lipinski definition) is 4. The van der Waals surface area contributed by atoms with Gasteiger partial charge < -0.3 is 14.7 Å². The largest absolute Gasteiger partial charge is 0.491 e. The molecule has 156 valence electrons. The minimum absolute atomic E-state index is 0. The number of benzene rings is 2. The fourth-order valence-electron chi connectivity index (χ4n) is 3.21. The summed E-state index contributed by atoms with van der Waals surface area (Å²) < 4.78 is 18.7. The summed E-state index contributed by atoms with van der Waals surface area (Å²) >= 11 is 0. The first-order valence-corrected chi connectivity index (χ1v) is 9.26. The maximum Gasteiger partial charge on any atom is 0.123 e. The van der Waals surface area contributed by atoms with Crippen LogP contribution in [0.1, 0.15) is 12.5 Å². The molecule has 3 rings (SSSR count). The fraction of sp³-hybridized carbons (Fsp3) is 0.429. The number of hydrogen-bond donors (Lipinski definition) is 1. The van der Waals surface area contributed by atoms with Crippen LogP contribution in [0.3, 0.4) is 0 Å². The highest BCUT2D eigenvalue weighted by Crippen LogP contribution is 2.17. The quantitative estimate of drug-likeness (QED) is 0.724. The lowest BCUT2D eigenvalue weighted by Crippen LogP contribution is -2.49. The number of aryl methyl sites for hydroxylation is 1. The van der Waals surface area contributed by atoms with E-state index in [1.807, 2.05) is 24.3 Å². The summed E-state index contributed by atoms with van der Waals surface area (Å²) in [5.41, 5.74) is 2.32. The SMILES string of the molecule is CCc1ccc(OCC(O)CN2CCN(c3ccc(F)cc3)CC2)cc1.Cl.Cl. The topological polar surface area (TPSA) is 35.9 Å². The van der Waals surface area contributed by atoms with Gasteiger partial charge in [-0.3, -0.25) is 4.90 Å². The van der Waals surface area contributed by atoms with E-state index in [-0.39, 0.29) is 30.6 Å². The van der Waals surface area contributed by atoms with Crippen molar-refractivity contribution in [2.45, 2.75) is 19.4 Å². The average Bonchev–Trinajstić information content (AvgIpc) is 2.68. The molecular formula is C21H29Cl2FN2O2. The Morgan fingerprint density at radius 1 is 0.964 bits per heavy atom. The van der Waals surface area contributed by atoms with Crippen LogP contribution in [0.15, 0.2) is 48.5 Å². The summed E-state index contributed by atoms with van der Waals surface area (Å²) in [6.45, 7) is 6.51. The predicted octanol–water partition coefficient (Wildman–Crippen LogP) is 3.79. The zero-order chi connectivity index (χ0) is 18.4. The molecule has 1 aliphatic heterocycles. The van der Waals surface area contributed by atoms with E-state index in [2.05, 4.69) is 28.9 Å². The van der Waals surface area contributed by atoms with Crippen LogP contribution in [-0.4, -0.2) is 55.4 Å². The van der Waals surface area contributed by atoms with Gasteiger partial charge in [0, 0.05) is 38.4 Å². The number of aliphatic hydroxyl groups is 1. The molecule has 2 aromatic carbocycles. The smallest absolute Gasteiger partial charge is 0.123 e. The molecular weight excluding hydrogens is 402 g/mol. The van der Waals surface area contributed by atoms with Crippen molar-refractivity contribution in [3.8, 4) is 5.75 Å². The van der Waals surface area contributed by atoms with Crippen LogP contribution in [0.5, 0.6) is 5.75 Å². The van der Waals surface area contributed by atoms with E-state index < -0.39 is 6.10 Å². The highest BCUT2D eigenvalue weighted by atomic mass is 35.5. The third-order valence-corrected chi connectivity index (χ3v) is 4.81. The molecule has 2 aromatic rings. The Labute approximate surface area is 179 Å². The summed E-state index contributed by atoms with van der Waals surface area (Å²) in [7, 11) is 0. The van der Waals surface area contributed by atoms with Gasteiger partial charge in [0.15, 0.2) is 0 Å². The Balaban J connectivity index is 0.00000196. The van der Waals surface area contributed by atoms with Crippen molar-refractivity contribution in [2.24, 2.45) is 0 Å². The predicted molar refractivity (Wildman–Crippen MR) is 117 cm³/mol. The van der Waals surface area contributed by atoms with E-state index in [0.29, 0.717) is 13.2 Å². The summed E-state index contributed by atoms with van der Waals surface area (Å²) in [4.78, 5) is 4.49. The van der Waals surface area contributed by atoms with Gasteiger partial charge in [0.05, 0.1) is 0 Å². The van der Waals surface area contributed by atoms with Gasteiger partial charge in [-0.25, -0.2) is 4.39 Å². The van der Waals surface area contributed by atoms with Crippen molar-refractivity contribution >= 4 is 30.5 Å². The summed E-state index contributed by atoms with van der Waals surface area (Å²) in [6.07, 6.45) is 0.491. The van der Waals surface area contributed by atoms with Crippen LogP contribution in [0.25, 0.3) is 0 Å². The second kappa shape index (κ2) is 12.1. The number of halogens is 3. The molecule has 1 heterocycles. The highest BCUT2D eigenvalue weighted by Gasteiger charge is 2.19. The van der Waals surface area contributed by atoms with E-state index in [9.17, 15) is 9.50 Å². The summed E-state index contributed by atoms with van der Waals surface area (Å²) in [5.74, 6) is 0.585. The first-order chi connectivity index (χ1) is 12.6. The number of nitrogens with zero attached hydrogens (tertiary/aromatic N) is 2. The monoisotopic (exact) mass is 430 g/mol. The molecule has 1 N–H and O–H groups in total. The Morgan fingerprint density at radius 2 is 1.57 bits per heavy atom. The van der Waals surface area contributed by atoms with Crippen LogP contribution in [-0.2, 0) is 6.42 Å². The van der Waals surface area contributed by atoms with Gasteiger partial charge in [-0.15, -0.1) is 24.8 Å². The molecule has 0 spiro atoms. The summed E-state index contributed by atoms with van der Waals surface area (Å²) in [5, 5.41) is 10.3. The molecule has 0 aliphatic carbocycles. The Kier molecular flexibility index (Phi) is 10.6. The standard InChI is InChI=1S/C21H27FN2O2.2ClH/c1-2-17-3-9-21(10-4-17)26-16-20(25)15-23-11-13-24(14-12-23)19-7-5-18(22)6-8-19;;/h3-10,20,25H,2,11-16H2,1H3;2*1H. The third kappa shape index (κ3) is 7.13. The van der Waals surface area contributed by atoms with Crippen LogP contribution in [0.4, 0.5) is 10.1 Å². The molecule has 0 aromatic heterocycles. The van der Waals surface area contributed by atoms with Crippen molar-refractivity contribution in [3.05, 3.63) is 59.9 Å². The van der Waals surface area contributed by atoms with E-state index >= 15 is 0 Å². The van der Waals surface area contributed by atoms with Crippen molar-refractivity contribution in [1.29, 1.82) is 0 Å². The Bertz CT molecular complexity index is 678. The highest BCUT2D eigenvalue weighted by molar-refractivity contribution is 5.85. The number of aliphatic hydroxyl groups excluding tert-OH is 1. The van der Waals surface area contributed by atoms with Gasteiger partial charge in [-0.2, -0.15) is 0 Å². The molecule has 28 heavy (non-hydrogen) atoms. The number of anilines is 1. The second-order valence-corrected chi connectivity index (χ2v) is 6.73. The first-order valence-electron chi connectivity index (χ1n) is 9.26. The average molecular weight is 431 g/mol. The molecule has 1 atom stereocenters. The van der Waals surface area contributed by atoms with Gasteiger partial charge in [-0.05, 0) is 48.4 Å². The maximum absolute atomic E-state index is 13.0. The normalized spacial score (nSPS) is 15.3. The van der Waals surface area contributed by atoms with Gasteiger partial charge in [0.2, 0.25) is 0 Å². The molecule has 1 aliphatic rings. The van der Waals surface area contributed by atoms with Crippen LogP contribution in [0.2, 0.25) is 0 Å². The summed E-state index contributed by atoms with van der Waals surface area (Å²) in [6, 6.07) is 14.6. The number of ether oxygens (including phenoxy) is 1. The van der Waals surface area contributed by atoms with E-state index in [1.54, 1.807) is 0 Å². The number of piperazine rings is 1. The Hall–Kier alpha value is -1.53. The fourth-order valence-corrected chi connectivity index (χ4v) is 3.21. The molecule has 1 fully saturated rings. The number of rotatable bonds is 7. The minimum Gasteiger partial charge on any atom is -0.491 e. The molecule has 7 heteroatoms. The lowest BCUT2D eigenvalue weighted by atomic mass is 10.2.